The minimum atomic E-state index is -0.569. The third-order valence-corrected chi connectivity index (χ3v) is 2.73. The average molecular weight is 261 g/mol. The fraction of sp³-hybridized carbons (Fsp3) is 0.417. The molecule has 2 nitrogen and oxygen atoms in total. The Labute approximate surface area is 106 Å². The zero-order valence-electron chi connectivity index (χ0n) is 9.73. The van der Waals surface area contributed by atoms with Gasteiger partial charge in [-0.05, 0) is 39.3 Å². The van der Waals surface area contributed by atoms with Crippen molar-refractivity contribution >= 4 is 29.2 Å². The standard InChI is InChI=1S/C12H14Cl2O2/c1-7-5-9(14)10(6-8(7)13)16-11(15)12(2,3)4/h5-6H,1-4H3. The largest absolute Gasteiger partial charge is 0.424 e. The summed E-state index contributed by atoms with van der Waals surface area (Å²) in [6, 6.07) is 3.23. The maximum absolute atomic E-state index is 11.7. The van der Waals surface area contributed by atoms with Crippen LogP contribution in [0.15, 0.2) is 12.1 Å². The monoisotopic (exact) mass is 260 g/mol. The third kappa shape index (κ3) is 3.13. The highest BCUT2D eigenvalue weighted by Gasteiger charge is 2.24. The molecule has 0 amide bonds. The average Bonchev–Trinajstić information content (AvgIpc) is 2.12. The Kier molecular flexibility index (Phi) is 3.87. The van der Waals surface area contributed by atoms with Crippen molar-refractivity contribution in [1.82, 2.24) is 0 Å². The second-order valence-electron chi connectivity index (χ2n) is 4.67. The van der Waals surface area contributed by atoms with Crippen LogP contribution in [0.5, 0.6) is 5.75 Å². The minimum absolute atomic E-state index is 0.303. The molecule has 0 radical (unpaired) electrons. The van der Waals surface area contributed by atoms with Gasteiger partial charge < -0.3 is 4.74 Å². The summed E-state index contributed by atoms with van der Waals surface area (Å²) in [5.74, 6) is -0.0356. The van der Waals surface area contributed by atoms with Gasteiger partial charge in [0.05, 0.1) is 10.4 Å². The number of rotatable bonds is 1. The van der Waals surface area contributed by atoms with Crippen LogP contribution in [0.3, 0.4) is 0 Å². The molecule has 88 valence electrons. The molecule has 0 unspecified atom stereocenters. The molecule has 0 heterocycles. The molecule has 0 aliphatic heterocycles. The van der Waals surface area contributed by atoms with Crippen molar-refractivity contribution in [3.8, 4) is 5.75 Å². The van der Waals surface area contributed by atoms with Gasteiger partial charge in [-0.2, -0.15) is 0 Å². The van der Waals surface area contributed by atoms with Crippen LogP contribution >= 0.6 is 23.2 Å². The predicted molar refractivity (Wildman–Crippen MR) is 66.3 cm³/mol. The van der Waals surface area contributed by atoms with E-state index < -0.39 is 5.41 Å². The maximum atomic E-state index is 11.7. The number of hydrogen-bond acceptors (Lipinski definition) is 2. The van der Waals surface area contributed by atoms with E-state index in [1.54, 1.807) is 32.9 Å². The number of benzene rings is 1. The SMILES string of the molecule is Cc1cc(Cl)c(OC(=O)C(C)(C)C)cc1Cl. The number of carbonyl (C=O) groups excluding carboxylic acids is 1. The van der Waals surface area contributed by atoms with E-state index in [0.29, 0.717) is 15.8 Å². The fourth-order valence-corrected chi connectivity index (χ4v) is 1.37. The Morgan fingerprint density at radius 2 is 1.75 bits per heavy atom. The third-order valence-electron chi connectivity index (χ3n) is 2.03. The first-order valence-electron chi connectivity index (χ1n) is 4.90. The van der Waals surface area contributed by atoms with E-state index in [1.807, 2.05) is 6.92 Å². The first-order valence-corrected chi connectivity index (χ1v) is 5.65. The van der Waals surface area contributed by atoms with E-state index in [9.17, 15) is 4.79 Å². The molecule has 0 saturated heterocycles. The quantitative estimate of drug-likeness (QED) is 0.558. The fourth-order valence-electron chi connectivity index (χ4n) is 0.959. The molecule has 1 aromatic carbocycles. The highest BCUT2D eigenvalue weighted by atomic mass is 35.5. The first kappa shape index (κ1) is 13.3. The summed E-state index contributed by atoms with van der Waals surface area (Å²) in [4.78, 5) is 11.7. The molecule has 0 N–H and O–H groups in total. The summed E-state index contributed by atoms with van der Waals surface area (Å²) in [6.45, 7) is 7.17. The van der Waals surface area contributed by atoms with Crippen molar-refractivity contribution in [1.29, 1.82) is 0 Å². The number of carbonyl (C=O) groups is 1. The molecular formula is C12H14Cl2O2. The molecule has 0 fully saturated rings. The van der Waals surface area contributed by atoms with E-state index in [4.69, 9.17) is 27.9 Å². The van der Waals surface area contributed by atoms with Gasteiger partial charge in [0.2, 0.25) is 0 Å². The highest BCUT2D eigenvalue weighted by Crippen LogP contribution is 2.32. The van der Waals surface area contributed by atoms with Crippen molar-refractivity contribution in [2.45, 2.75) is 27.7 Å². The second kappa shape index (κ2) is 4.64. The van der Waals surface area contributed by atoms with Gasteiger partial charge in [0.15, 0.2) is 5.75 Å². The van der Waals surface area contributed by atoms with E-state index >= 15 is 0 Å². The summed E-state index contributed by atoms with van der Waals surface area (Å²) in [5.41, 5.74) is 0.281. The molecule has 4 heteroatoms. The van der Waals surface area contributed by atoms with Gasteiger partial charge >= 0.3 is 5.97 Å². The van der Waals surface area contributed by atoms with Gasteiger partial charge in [0, 0.05) is 11.1 Å². The smallest absolute Gasteiger partial charge is 0.316 e. The van der Waals surface area contributed by atoms with Gasteiger partial charge in [-0.15, -0.1) is 0 Å². The van der Waals surface area contributed by atoms with Crippen LogP contribution in [0.25, 0.3) is 0 Å². The Morgan fingerprint density at radius 1 is 1.19 bits per heavy atom. The van der Waals surface area contributed by atoms with E-state index in [0.717, 1.165) is 5.56 Å². The normalized spacial score (nSPS) is 11.4. The van der Waals surface area contributed by atoms with Gasteiger partial charge in [-0.1, -0.05) is 23.2 Å². The van der Waals surface area contributed by atoms with Crippen molar-refractivity contribution in [2.24, 2.45) is 5.41 Å². The van der Waals surface area contributed by atoms with E-state index in [1.165, 1.54) is 0 Å². The van der Waals surface area contributed by atoms with Gasteiger partial charge in [0.1, 0.15) is 0 Å². The van der Waals surface area contributed by atoms with Crippen molar-refractivity contribution in [2.75, 3.05) is 0 Å². The van der Waals surface area contributed by atoms with Gasteiger partial charge in [0.25, 0.3) is 0 Å². The number of hydrogen-bond donors (Lipinski definition) is 0. The lowest BCUT2D eigenvalue weighted by Gasteiger charge is -2.17. The molecule has 1 aromatic rings. The van der Waals surface area contributed by atoms with Crippen LogP contribution in [0.2, 0.25) is 10.0 Å². The summed E-state index contributed by atoms with van der Waals surface area (Å²) in [6.07, 6.45) is 0. The summed E-state index contributed by atoms with van der Waals surface area (Å²) < 4.78 is 5.19. The van der Waals surface area contributed by atoms with Crippen LogP contribution in [0.1, 0.15) is 26.3 Å². The zero-order chi connectivity index (χ0) is 12.5. The van der Waals surface area contributed by atoms with E-state index in [-0.39, 0.29) is 5.97 Å². The molecule has 0 atom stereocenters. The zero-order valence-corrected chi connectivity index (χ0v) is 11.2. The summed E-state index contributed by atoms with van der Waals surface area (Å²) in [7, 11) is 0. The lowest BCUT2D eigenvalue weighted by molar-refractivity contribution is -0.142. The van der Waals surface area contributed by atoms with Crippen molar-refractivity contribution in [3.05, 3.63) is 27.7 Å². The lowest BCUT2D eigenvalue weighted by atomic mass is 9.97. The minimum Gasteiger partial charge on any atom is -0.424 e. The van der Waals surface area contributed by atoms with Gasteiger partial charge in [-0.25, -0.2) is 0 Å². The topological polar surface area (TPSA) is 26.3 Å². The van der Waals surface area contributed by atoms with Crippen LogP contribution in [-0.2, 0) is 4.79 Å². The molecule has 0 aliphatic carbocycles. The predicted octanol–water partition coefficient (Wildman–Crippen LogP) is 4.25. The highest BCUT2D eigenvalue weighted by molar-refractivity contribution is 6.34. The van der Waals surface area contributed by atoms with Crippen LogP contribution in [0.4, 0.5) is 0 Å². The van der Waals surface area contributed by atoms with Gasteiger partial charge in [-0.3, -0.25) is 4.79 Å². The van der Waals surface area contributed by atoms with Crippen molar-refractivity contribution in [3.63, 3.8) is 0 Å². The lowest BCUT2D eigenvalue weighted by Crippen LogP contribution is -2.25. The second-order valence-corrected chi connectivity index (χ2v) is 5.49. The first-order chi connectivity index (χ1) is 7.21. The Hall–Kier alpha value is -0.730. The Morgan fingerprint density at radius 3 is 2.25 bits per heavy atom. The Bertz CT molecular complexity index is 420. The molecule has 1 rings (SSSR count). The molecule has 0 aromatic heterocycles. The molecule has 0 bridgehead atoms. The summed E-state index contributed by atoms with van der Waals surface area (Å²) >= 11 is 11.9. The molecule has 0 saturated carbocycles. The van der Waals surface area contributed by atoms with Crippen LogP contribution < -0.4 is 4.74 Å². The molecule has 16 heavy (non-hydrogen) atoms. The van der Waals surface area contributed by atoms with Crippen LogP contribution in [0, 0.1) is 12.3 Å². The van der Waals surface area contributed by atoms with Crippen molar-refractivity contribution < 1.29 is 9.53 Å². The summed E-state index contributed by atoms with van der Waals surface area (Å²) in [5, 5.41) is 0.917. The van der Waals surface area contributed by atoms with E-state index in [2.05, 4.69) is 0 Å². The number of ether oxygens (including phenoxy) is 1. The number of aryl methyl sites for hydroxylation is 1. The Balaban J connectivity index is 2.99. The number of halogens is 2. The maximum Gasteiger partial charge on any atom is 0.316 e. The molecular weight excluding hydrogens is 247 g/mol. The molecule has 0 aliphatic rings. The number of esters is 1. The van der Waals surface area contributed by atoms with Crippen LogP contribution in [-0.4, -0.2) is 5.97 Å². The molecule has 0 spiro atoms.